The van der Waals surface area contributed by atoms with Crippen LogP contribution in [0.3, 0.4) is 0 Å². The van der Waals surface area contributed by atoms with Crippen molar-refractivity contribution in [1.82, 2.24) is 9.80 Å². The molecule has 2 aromatic carbocycles. The van der Waals surface area contributed by atoms with Crippen molar-refractivity contribution in [2.45, 2.75) is 43.9 Å². The molecule has 1 N–H and O–H groups in total. The molecule has 0 saturated carbocycles. The van der Waals surface area contributed by atoms with Gasteiger partial charge in [-0.1, -0.05) is 50.1 Å². The predicted octanol–water partition coefficient (Wildman–Crippen LogP) is 3.20. The van der Waals surface area contributed by atoms with Crippen LogP contribution in [-0.2, 0) is 24.2 Å². The third-order valence-corrected chi connectivity index (χ3v) is 7.54. The van der Waals surface area contributed by atoms with Gasteiger partial charge in [0.15, 0.2) is 9.84 Å². The Kier molecular flexibility index (Phi) is 10.0. The molecule has 1 atom stereocenters. The number of carboxylic acids is 1. The average molecular weight is 491 g/mol. The number of carbonyl (C=O) groups excluding carboxylic acids is 2. The molecular formula is C25H34N2O6S. The van der Waals surface area contributed by atoms with Gasteiger partial charge >= 0.3 is 5.97 Å². The predicted molar refractivity (Wildman–Crippen MR) is 131 cm³/mol. The number of aliphatic carboxylic acids is 1. The summed E-state index contributed by atoms with van der Waals surface area (Å²) < 4.78 is 26.5. The van der Waals surface area contributed by atoms with Crippen molar-refractivity contribution in [3.05, 3.63) is 42.5 Å². The lowest BCUT2D eigenvalue weighted by Gasteiger charge is -2.28. The van der Waals surface area contributed by atoms with Gasteiger partial charge in [0.25, 0.3) is 0 Å². The summed E-state index contributed by atoms with van der Waals surface area (Å²) in [5.41, 5.74) is 0. The molecule has 0 aliphatic heterocycles. The van der Waals surface area contributed by atoms with Crippen molar-refractivity contribution < 1.29 is 27.9 Å². The van der Waals surface area contributed by atoms with Gasteiger partial charge in [-0.15, -0.1) is 0 Å². The highest BCUT2D eigenvalue weighted by Gasteiger charge is 2.31. The van der Waals surface area contributed by atoms with Gasteiger partial charge in [-0.25, -0.2) is 8.42 Å². The number of rotatable bonds is 13. The third-order valence-electron chi connectivity index (χ3n) is 5.72. The molecular weight excluding hydrogens is 456 g/mol. The first-order chi connectivity index (χ1) is 16.0. The number of benzene rings is 2. The van der Waals surface area contributed by atoms with Crippen LogP contribution in [-0.4, -0.2) is 74.0 Å². The van der Waals surface area contributed by atoms with E-state index in [1.807, 2.05) is 31.2 Å². The van der Waals surface area contributed by atoms with E-state index >= 15 is 0 Å². The van der Waals surface area contributed by atoms with Gasteiger partial charge < -0.3 is 14.9 Å². The summed E-state index contributed by atoms with van der Waals surface area (Å²) in [5.74, 6) is -3.47. The lowest BCUT2D eigenvalue weighted by molar-refractivity contribution is -0.142. The maximum atomic E-state index is 13.4. The zero-order valence-electron chi connectivity index (χ0n) is 20.1. The summed E-state index contributed by atoms with van der Waals surface area (Å²) in [4.78, 5) is 39.8. The highest BCUT2D eigenvalue weighted by Crippen LogP contribution is 2.24. The Morgan fingerprint density at radius 2 is 1.68 bits per heavy atom. The van der Waals surface area contributed by atoms with Crippen molar-refractivity contribution in [3.8, 4) is 0 Å². The zero-order valence-corrected chi connectivity index (χ0v) is 20.9. The van der Waals surface area contributed by atoms with Crippen molar-refractivity contribution in [1.29, 1.82) is 0 Å². The summed E-state index contributed by atoms with van der Waals surface area (Å²) in [5, 5.41) is 10.8. The fourth-order valence-corrected chi connectivity index (χ4v) is 5.29. The second kappa shape index (κ2) is 12.5. The maximum Gasteiger partial charge on any atom is 0.303 e. The van der Waals surface area contributed by atoms with E-state index in [2.05, 4.69) is 0 Å². The van der Waals surface area contributed by atoms with E-state index in [-0.39, 0.29) is 30.2 Å². The van der Waals surface area contributed by atoms with Gasteiger partial charge in [-0.2, -0.15) is 0 Å². The molecule has 1 unspecified atom stereocenters. The third kappa shape index (κ3) is 7.83. The van der Waals surface area contributed by atoms with E-state index in [1.165, 1.54) is 15.9 Å². The largest absolute Gasteiger partial charge is 0.481 e. The molecule has 0 radical (unpaired) electrons. The lowest BCUT2D eigenvalue weighted by atomic mass is 10.0. The van der Waals surface area contributed by atoms with Crippen molar-refractivity contribution >= 4 is 38.4 Å². The average Bonchev–Trinajstić information content (AvgIpc) is 2.80. The molecule has 2 aromatic rings. The zero-order chi connectivity index (χ0) is 25.3. The first-order valence-electron chi connectivity index (χ1n) is 11.5. The number of carbonyl (C=O) groups is 3. The van der Waals surface area contributed by atoms with E-state index in [0.29, 0.717) is 13.0 Å². The Labute approximate surface area is 201 Å². The normalized spacial score (nSPS) is 12.3. The first-order valence-corrected chi connectivity index (χ1v) is 13.1. The Hall–Kier alpha value is -2.94. The number of nitrogens with zero attached hydrogens (tertiary/aromatic N) is 2. The van der Waals surface area contributed by atoms with Crippen molar-refractivity contribution in [2.75, 3.05) is 32.9 Å². The molecule has 0 saturated heterocycles. The molecule has 2 amide bonds. The summed E-state index contributed by atoms with van der Waals surface area (Å²) in [6.45, 7) is 2.16. The van der Waals surface area contributed by atoms with Crippen LogP contribution >= 0.6 is 0 Å². The van der Waals surface area contributed by atoms with Gasteiger partial charge in [0.2, 0.25) is 11.8 Å². The van der Waals surface area contributed by atoms with Crippen LogP contribution in [0.15, 0.2) is 47.4 Å². The summed E-state index contributed by atoms with van der Waals surface area (Å²) in [6, 6.07) is 12.1. The van der Waals surface area contributed by atoms with Crippen molar-refractivity contribution in [2.24, 2.45) is 5.92 Å². The molecule has 0 aromatic heterocycles. The molecule has 8 nitrogen and oxygen atoms in total. The first kappa shape index (κ1) is 27.3. The number of sulfone groups is 1. The molecule has 0 bridgehead atoms. The van der Waals surface area contributed by atoms with Crippen LogP contribution < -0.4 is 0 Å². The van der Waals surface area contributed by atoms with Crippen molar-refractivity contribution in [3.63, 3.8) is 0 Å². The lowest BCUT2D eigenvalue weighted by Crippen LogP contribution is -2.45. The molecule has 186 valence electrons. The SMILES string of the molecule is CCCCCN(CC(=O)N(C)C)C(=O)C(CCC(=O)O)CS(=O)(=O)c1ccc2ccccc2c1. The number of carboxylic acid groups (broad SMARTS) is 1. The number of fused-ring (bicyclic) bond motifs is 1. The second-order valence-corrected chi connectivity index (χ2v) is 10.7. The summed E-state index contributed by atoms with van der Waals surface area (Å²) in [7, 11) is -0.710. The van der Waals surface area contributed by atoms with Crippen LogP contribution in [0.1, 0.15) is 39.0 Å². The van der Waals surface area contributed by atoms with E-state index < -0.39 is 33.4 Å². The number of hydrogen-bond donors (Lipinski definition) is 1. The molecule has 0 aliphatic rings. The maximum absolute atomic E-state index is 13.4. The standard InChI is InChI=1S/C25H34N2O6S/c1-4-5-8-15-27(17-23(28)26(2)3)25(31)21(12-14-24(29)30)18-34(32,33)22-13-11-19-9-6-7-10-20(19)16-22/h6-7,9-11,13,16,21H,4-5,8,12,14-15,17-18H2,1-3H3,(H,29,30). The molecule has 9 heteroatoms. The van der Waals surface area contributed by atoms with E-state index in [0.717, 1.165) is 23.6 Å². The molecule has 34 heavy (non-hydrogen) atoms. The van der Waals surface area contributed by atoms with Crippen LogP contribution in [0, 0.1) is 5.92 Å². The summed E-state index contributed by atoms with van der Waals surface area (Å²) >= 11 is 0. The Bertz CT molecular complexity index is 1110. The van der Waals surface area contributed by atoms with E-state index in [1.54, 1.807) is 26.2 Å². The van der Waals surface area contributed by atoms with Gasteiger partial charge in [0.1, 0.15) is 0 Å². The topological polar surface area (TPSA) is 112 Å². The van der Waals surface area contributed by atoms with Crippen LogP contribution in [0.5, 0.6) is 0 Å². The summed E-state index contributed by atoms with van der Waals surface area (Å²) in [6.07, 6.45) is 1.99. The minimum absolute atomic E-state index is 0.0845. The number of unbranched alkanes of at least 4 members (excludes halogenated alkanes) is 2. The Morgan fingerprint density at radius 1 is 1.00 bits per heavy atom. The highest BCUT2D eigenvalue weighted by molar-refractivity contribution is 7.91. The number of amides is 2. The van der Waals surface area contributed by atoms with E-state index in [9.17, 15) is 27.9 Å². The van der Waals surface area contributed by atoms with Gasteiger partial charge in [-0.05, 0) is 35.7 Å². The molecule has 0 spiro atoms. The van der Waals surface area contributed by atoms with Gasteiger partial charge in [0.05, 0.1) is 23.1 Å². The minimum atomic E-state index is -3.88. The van der Waals surface area contributed by atoms with Crippen LogP contribution in [0.2, 0.25) is 0 Å². The van der Waals surface area contributed by atoms with Crippen LogP contribution in [0.4, 0.5) is 0 Å². The number of hydrogen-bond acceptors (Lipinski definition) is 5. The molecule has 0 aliphatic carbocycles. The van der Waals surface area contributed by atoms with Gasteiger partial charge in [0, 0.05) is 27.1 Å². The fourth-order valence-electron chi connectivity index (χ4n) is 3.68. The van der Waals surface area contributed by atoms with E-state index in [4.69, 9.17) is 0 Å². The quantitative estimate of drug-likeness (QED) is 0.432. The van der Waals surface area contributed by atoms with Crippen LogP contribution in [0.25, 0.3) is 10.8 Å². The smallest absolute Gasteiger partial charge is 0.303 e. The fraction of sp³-hybridized carbons (Fsp3) is 0.480. The Balaban J connectivity index is 2.33. The molecule has 0 heterocycles. The molecule has 0 fully saturated rings. The minimum Gasteiger partial charge on any atom is -0.481 e. The molecule has 2 rings (SSSR count). The highest BCUT2D eigenvalue weighted by atomic mass is 32.2. The van der Waals surface area contributed by atoms with Gasteiger partial charge in [-0.3, -0.25) is 14.4 Å². The number of likely N-dealkylation sites (N-methyl/N-ethyl adjacent to an activating group) is 1. The Morgan fingerprint density at radius 3 is 2.29 bits per heavy atom. The monoisotopic (exact) mass is 490 g/mol. The second-order valence-electron chi connectivity index (χ2n) is 8.67.